The van der Waals surface area contributed by atoms with Crippen LogP contribution < -0.4 is 69.3 Å². The van der Waals surface area contributed by atoms with Crippen LogP contribution in [0.3, 0.4) is 0 Å². The number of alkyl halides is 1. The van der Waals surface area contributed by atoms with Gasteiger partial charge in [0.15, 0.2) is 0 Å². The van der Waals surface area contributed by atoms with Gasteiger partial charge in [-0.15, -0.1) is 0 Å². The van der Waals surface area contributed by atoms with Crippen molar-refractivity contribution in [3.05, 3.63) is 0 Å². The number of carboxylic acids is 2. The van der Waals surface area contributed by atoms with Crippen molar-refractivity contribution in [1.29, 1.82) is 0 Å². The number of rotatable bonds is 3. The van der Waals surface area contributed by atoms with Gasteiger partial charge < -0.3 is 24.9 Å². The second-order valence-electron chi connectivity index (χ2n) is 1.60. The van der Waals surface area contributed by atoms with E-state index in [1.54, 1.807) is 0 Å². The molecule has 1 atom stereocenters. The maximum atomic E-state index is 11.9. The molecule has 0 heterocycles. The van der Waals surface area contributed by atoms with Crippen LogP contribution in [-0.4, -0.2) is 22.9 Å². The number of halogens is 1. The maximum Gasteiger partial charge on any atom is 1.00 e. The van der Waals surface area contributed by atoms with Gasteiger partial charge in [-0.3, -0.25) is 0 Å². The van der Waals surface area contributed by atoms with Crippen molar-refractivity contribution in [1.82, 2.24) is 0 Å². The van der Waals surface area contributed by atoms with Crippen LogP contribution in [0.5, 0.6) is 0 Å². The predicted molar refractivity (Wildman–Crippen MR) is 20.7 cm³/mol. The number of hydrogen-bond donors (Lipinski definition) is 1. The third kappa shape index (κ3) is 7.48. The van der Waals surface area contributed by atoms with Gasteiger partial charge in [-0.05, 0) is 0 Å². The van der Waals surface area contributed by atoms with Crippen molar-refractivity contribution in [3.8, 4) is 0 Å². The van der Waals surface area contributed by atoms with Crippen molar-refractivity contribution >= 4 is 11.9 Å². The minimum Gasteiger partial charge on any atom is -0.550 e. The Kier molecular flexibility index (Phi) is 11.2. The average Bonchev–Trinajstić information content (AvgIpc) is 1.60. The molecule has 0 radical (unpaired) electrons. The molecule has 0 aromatic heterocycles. The Morgan fingerprint density at radius 1 is 1.33 bits per heavy atom. The Bertz CT molecular complexity index is 171. The minimum atomic E-state index is -3.83. The van der Waals surface area contributed by atoms with E-state index in [-0.39, 0.29) is 59.1 Å². The first kappa shape index (κ1) is 18.6. The molecular formula is C4H3FNa2O5. The quantitative estimate of drug-likeness (QED) is 0.451. The molecule has 0 aliphatic carbocycles. The standard InChI is InChI=1S/C4H5FO5.2Na/c5-4(10,3(8)9)1-2(6)7;;/h10H,1H2,(H,6,7)(H,8,9);;/q;2*+1/p-2. The second-order valence-corrected chi connectivity index (χ2v) is 1.60. The predicted octanol–water partition coefficient (Wildman–Crippen LogP) is -9.46. The number of carboxylic acid groups (broad SMARTS) is 2. The van der Waals surface area contributed by atoms with E-state index < -0.39 is 24.2 Å². The van der Waals surface area contributed by atoms with Gasteiger partial charge in [0, 0.05) is 5.97 Å². The zero-order valence-corrected chi connectivity index (χ0v) is 10.7. The van der Waals surface area contributed by atoms with Crippen molar-refractivity contribution < 1.29 is 88.4 Å². The van der Waals surface area contributed by atoms with Gasteiger partial charge in [0.05, 0.1) is 6.42 Å². The Morgan fingerprint density at radius 3 is 1.75 bits per heavy atom. The number of carbonyl (C=O) groups excluding carboxylic acids is 2. The van der Waals surface area contributed by atoms with Crippen LogP contribution in [0.15, 0.2) is 0 Å². The van der Waals surface area contributed by atoms with Gasteiger partial charge in [-0.2, -0.15) is 0 Å². The van der Waals surface area contributed by atoms with E-state index in [1.165, 1.54) is 0 Å². The van der Waals surface area contributed by atoms with Crippen LogP contribution in [0.4, 0.5) is 4.39 Å². The SMILES string of the molecule is O=C([O-])CC(O)(F)C(=O)[O-].[Na+].[Na+]. The molecule has 12 heavy (non-hydrogen) atoms. The van der Waals surface area contributed by atoms with Crippen molar-refractivity contribution in [2.24, 2.45) is 0 Å². The Morgan fingerprint density at radius 2 is 1.67 bits per heavy atom. The molecule has 0 fully saturated rings. The summed E-state index contributed by atoms with van der Waals surface area (Å²) < 4.78 is 11.9. The van der Waals surface area contributed by atoms with Gasteiger partial charge in [0.1, 0.15) is 5.97 Å². The number of carbonyl (C=O) groups is 2. The summed E-state index contributed by atoms with van der Waals surface area (Å²) in [6, 6.07) is 0. The molecule has 0 aliphatic rings. The Labute approximate surface area is 112 Å². The monoisotopic (exact) mass is 196 g/mol. The first-order chi connectivity index (χ1) is 4.36. The van der Waals surface area contributed by atoms with Gasteiger partial charge >= 0.3 is 59.1 Å². The average molecular weight is 196 g/mol. The van der Waals surface area contributed by atoms with Crippen molar-refractivity contribution in [2.75, 3.05) is 0 Å². The molecule has 0 rings (SSSR count). The summed E-state index contributed by atoms with van der Waals surface area (Å²) in [5.41, 5.74) is 0. The van der Waals surface area contributed by atoms with E-state index in [2.05, 4.69) is 0 Å². The van der Waals surface area contributed by atoms with E-state index in [0.29, 0.717) is 0 Å². The molecule has 8 heteroatoms. The third-order valence-corrected chi connectivity index (χ3v) is 0.691. The molecule has 0 bridgehead atoms. The molecular weight excluding hydrogens is 193 g/mol. The Balaban J connectivity index is -0.000000405. The molecule has 0 amide bonds. The molecule has 5 nitrogen and oxygen atoms in total. The summed E-state index contributed by atoms with van der Waals surface area (Å²) in [7, 11) is 0. The molecule has 0 spiro atoms. The number of aliphatic hydroxyl groups is 1. The van der Waals surface area contributed by atoms with E-state index in [1.807, 2.05) is 0 Å². The van der Waals surface area contributed by atoms with Gasteiger partial charge in [0.2, 0.25) is 0 Å². The van der Waals surface area contributed by atoms with Gasteiger partial charge in [-0.1, -0.05) is 0 Å². The zero-order chi connectivity index (χ0) is 8.36. The zero-order valence-electron chi connectivity index (χ0n) is 6.67. The number of aliphatic carboxylic acids is 2. The molecule has 0 saturated carbocycles. The largest absolute Gasteiger partial charge is 1.00 e. The summed E-state index contributed by atoms with van der Waals surface area (Å²) in [5, 5.41) is 27.1. The van der Waals surface area contributed by atoms with Gasteiger partial charge in [0.25, 0.3) is 5.85 Å². The van der Waals surface area contributed by atoms with E-state index in [4.69, 9.17) is 5.11 Å². The summed E-state index contributed by atoms with van der Waals surface area (Å²) >= 11 is 0. The fourth-order valence-corrected chi connectivity index (χ4v) is 0.263. The fraction of sp³-hybridized carbons (Fsp3) is 0.500. The number of hydrogen-bond acceptors (Lipinski definition) is 5. The van der Waals surface area contributed by atoms with Crippen LogP contribution in [0.1, 0.15) is 6.42 Å². The fourth-order valence-electron chi connectivity index (χ4n) is 0.263. The molecule has 58 valence electrons. The smallest absolute Gasteiger partial charge is 0.550 e. The molecule has 0 aromatic rings. The second kappa shape index (κ2) is 7.25. The molecule has 0 aliphatic heterocycles. The topological polar surface area (TPSA) is 100 Å². The van der Waals surface area contributed by atoms with Crippen LogP contribution >= 0.6 is 0 Å². The van der Waals surface area contributed by atoms with Crippen molar-refractivity contribution in [2.45, 2.75) is 12.3 Å². The molecule has 0 aromatic carbocycles. The third-order valence-electron chi connectivity index (χ3n) is 0.691. The molecule has 1 unspecified atom stereocenters. The van der Waals surface area contributed by atoms with E-state index in [9.17, 15) is 24.2 Å². The summed E-state index contributed by atoms with van der Waals surface area (Å²) in [4.78, 5) is 19.0. The summed E-state index contributed by atoms with van der Waals surface area (Å²) in [6.45, 7) is 0. The van der Waals surface area contributed by atoms with Crippen LogP contribution in [0.2, 0.25) is 0 Å². The van der Waals surface area contributed by atoms with E-state index >= 15 is 0 Å². The van der Waals surface area contributed by atoms with Crippen LogP contribution in [-0.2, 0) is 9.59 Å². The van der Waals surface area contributed by atoms with Crippen molar-refractivity contribution in [3.63, 3.8) is 0 Å². The van der Waals surface area contributed by atoms with E-state index in [0.717, 1.165) is 0 Å². The molecule has 0 saturated heterocycles. The van der Waals surface area contributed by atoms with Gasteiger partial charge in [-0.25, -0.2) is 4.39 Å². The first-order valence-electron chi connectivity index (χ1n) is 2.19. The normalized spacial score (nSPS) is 13.2. The summed E-state index contributed by atoms with van der Waals surface area (Å²) in [6.07, 6.45) is -1.63. The Hall–Kier alpha value is 0.830. The van der Waals surface area contributed by atoms with Crippen LogP contribution in [0, 0.1) is 0 Å². The van der Waals surface area contributed by atoms with Crippen LogP contribution in [0.25, 0.3) is 0 Å². The summed E-state index contributed by atoms with van der Waals surface area (Å²) in [5.74, 6) is -8.33. The first-order valence-corrected chi connectivity index (χ1v) is 2.19. The molecule has 1 N–H and O–H groups in total. The maximum absolute atomic E-state index is 11.9. The minimum absolute atomic E-state index is 0.